The van der Waals surface area contributed by atoms with E-state index in [2.05, 4.69) is 5.32 Å². The maximum Gasteiger partial charge on any atom is 0.309 e. The smallest absolute Gasteiger partial charge is 0.309 e. The van der Waals surface area contributed by atoms with Gasteiger partial charge in [-0.2, -0.15) is 0 Å². The van der Waals surface area contributed by atoms with Gasteiger partial charge in [-0.1, -0.05) is 12.1 Å². The molecule has 14 heavy (non-hydrogen) atoms. The molecule has 0 aliphatic heterocycles. The lowest BCUT2D eigenvalue weighted by Gasteiger charge is -2.00. The molecule has 1 rings (SSSR count). The van der Waals surface area contributed by atoms with Crippen molar-refractivity contribution in [2.45, 2.75) is 11.4 Å². The highest BCUT2D eigenvalue weighted by molar-refractivity contribution is 7.89. The first kappa shape index (κ1) is 10.7. The fourth-order valence-corrected chi connectivity index (χ4v) is 1.45. The number of primary sulfonamides is 1. The fourth-order valence-electron chi connectivity index (χ4n) is 0.935. The molecule has 0 saturated carbocycles. The third-order valence-electron chi connectivity index (χ3n) is 1.62. The highest BCUT2D eigenvalue weighted by Crippen LogP contribution is 2.08. The summed E-state index contributed by atoms with van der Waals surface area (Å²) < 4.78 is 21.7. The number of nitrogens with one attached hydrogen (secondary N) is 1. The van der Waals surface area contributed by atoms with Gasteiger partial charge < -0.3 is 5.32 Å². The minimum Gasteiger partial charge on any atom is -0.344 e. The number of rotatable bonds is 4. The second-order valence-electron chi connectivity index (χ2n) is 2.64. The highest BCUT2D eigenvalue weighted by atomic mass is 32.2. The molecule has 6 heteroatoms. The lowest BCUT2D eigenvalue weighted by atomic mass is 10.2. The number of carbonyl (C=O) groups excluding carboxylic acids is 1. The third-order valence-corrected chi connectivity index (χ3v) is 2.55. The lowest BCUT2D eigenvalue weighted by molar-refractivity contribution is 0.542. The second kappa shape index (κ2) is 4.21. The van der Waals surface area contributed by atoms with E-state index >= 15 is 0 Å². The SMILES string of the molecule is NS(=O)(=O)c1ccc(CN[C]=O)cc1. The summed E-state index contributed by atoms with van der Waals surface area (Å²) in [6.45, 7) is 0.314. The molecule has 1 amide bonds. The molecule has 0 bridgehead atoms. The first-order valence-electron chi connectivity index (χ1n) is 3.76. The molecule has 0 fully saturated rings. The van der Waals surface area contributed by atoms with Crippen LogP contribution in [0.15, 0.2) is 29.2 Å². The van der Waals surface area contributed by atoms with Gasteiger partial charge in [0.1, 0.15) is 0 Å². The van der Waals surface area contributed by atoms with E-state index in [0.29, 0.717) is 6.54 Å². The summed E-state index contributed by atoms with van der Waals surface area (Å²) in [5.41, 5.74) is 0.778. The minimum atomic E-state index is -3.64. The largest absolute Gasteiger partial charge is 0.344 e. The van der Waals surface area contributed by atoms with Crippen molar-refractivity contribution in [3.63, 3.8) is 0 Å². The zero-order chi connectivity index (χ0) is 10.6. The number of nitrogens with two attached hydrogens (primary N) is 1. The molecule has 0 heterocycles. The molecule has 0 aliphatic rings. The molecule has 1 aromatic rings. The summed E-state index contributed by atoms with van der Waals surface area (Å²) in [5.74, 6) is 0. The van der Waals surface area contributed by atoms with Gasteiger partial charge in [0.25, 0.3) is 0 Å². The fraction of sp³-hybridized carbons (Fsp3) is 0.125. The van der Waals surface area contributed by atoms with Crippen LogP contribution in [-0.2, 0) is 21.4 Å². The van der Waals surface area contributed by atoms with E-state index in [1.54, 1.807) is 12.1 Å². The summed E-state index contributed by atoms with van der Waals surface area (Å²) in [6.07, 6.45) is 1.52. The van der Waals surface area contributed by atoms with E-state index in [-0.39, 0.29) is 4.90 Å². The van der Waals surface area contributed by atoms with Crippen LogP contribution in [0.3, 0.4) is 0 Å². The quantitative estimate of drug-likeness (QED) is 0.660. The maximum absolute atomic E-state index is 10.9. The van der Waals surface area contributed by atoms with Crippen molar-refractivity contribution in [3.05, 3.63) is 29.8 Å². The predicted molar refractivity (Wildman–Crippen MR) is 50.3 cm³/mol. The average molecular weight is 213 g/mol. The first-order chi connectivity index (χ1) is 6.54. The number of hydrogen-bond donors (Lipinski definition) is 2. The van der Waals surface area contributed by atoms with E-state index in [4.69, 9.17) is 5.14 Å². The van der Waals surface area contributed by atoms with E-state index in [1.165, 1.54) is 18.5 Å². The monoisotopic (exact) mass is 213 g/mol. The number of benzene rings is 1. The Morgan fingerprint density at radius 3 is 2.29 bits per heavy atom. The van der Waals surface area contributed by atoms with Crippen molar-refractivity contribution in [2.24, 2.45) is 5.14 Å². The van der Waals surface area contributed by atoms with E-state index in [9.17, 15) is 13.2 Å². The van der Waals surface area contributed by atoms with Crippen LogP contribution in [-0.4, -0.2) is 14.8 Å². The van der Waals surface area contributed by atoms with Gasteiger partial charge in [-0.05, 0) is 17.7 Å². The summed E-state index contributed by atoms with van der Waals surface area (Å²) in [4.78, 5) is 9.90. The van der Waals surface area contributed by atoms with Crippen LogP contribution in [0.5, 0.6) is 0 Å². The van der Waals surface area contributed by atoms with Crippen molar-refractivity contribution in [2.75, 3.05) is 0 Å². The molecule has 0 spiro atoms. The van der Waals surface area contributed by atoms with Gasteiger partial charge in [0.15, 0.2) is 0 Å². The van der Waals surface area contributed by atoms with Crippen molar-refractivity contribution >= 4 is 16.4 Å². The number of amides is 1. The Balaban J connectivity index is 2.84. The Morgan fingerprint density at radius 2 is 1.86 bits per heavy atom. The lowest BCUT2D eigenvalue weighted by Crippen LogP contribution is -2.13. The van der Waals surface area contributed by atoms with Crippen molar-refractivity contribution in [1.82, 2.24) is 5.32 Å². The van der Waals surface area contributed by atoms with E-state index in [1.807, 2.05) is 0 Å². The standard InChI is InChI=1S/C8H9N2O3S/c9-14(12,13)8-3-1-7(2-4-8)5-10-6-11/h1-4H,5H2,(H,10,11)(H2,9,12,13). The number of sulfonamides is 1. The van der Waals surface area contributed by atoms with E-state index in [0.717, 1.165) is 5.56 Å². The highest BCUT2D eigenvalue weighted by Gasteiger charge is 2.05. The van der Waals surface area contributed by atoms with E-state index < -0.39 is 10.0 Å². The van der Waals surface area contributed by atoms with Gasteiger partial charge >= 0.3 is 6.41 Å². The topological polar surface area (TPSA) is 89.3 Å². The Labute approximate surface area is 82.0 Å². The van der Waals surface area contributed by atoms with Crippen LogP contribution >= 0.6 is 0 Å². The van der Waals surface area contributed by atoms with Gasteiger partial charge in [-0.25, -0.2) is 13.6 Å². The molecule has 0 aromatic heterocycles. The summed E-state index contributed by atoms with van der Waals surface area (Å²) in [6, 6.07) is 5.92. The van der Waals surface area contributed by atoms with Gasteiger partial charge in [-0.15, -0.1) is 0 Å². The van der Waals surface area contributed by atoms with Gasteiger partial charge in [-0.3, -0.25) is 4.79 Å². The normalized spacial score (nSPS) is 10.9. The maximum atomic E-state index is 10.9. The van der Waals surface area contributed by atoms with Crippen LogP contribution < -0.4 is 10.5 Å². The molecule has 1 aromatic carbocycles. The molecule has 0 unspecified atom stereocenters. The Hall–Kier alpha value is -1.40. The third kappa shape index (κ3) is 2.82. The molecule has 0 aliphatic carbocycles. The molecular weight excluding hydrogens is 204 g/mol. The van der Waals surface area contributed by atoms with Crippen LogP contribution in [0.4, 0.5) is 0 Å². The average Bonchev–Trinajstić information content (AvgIpc) is 2.14. The minimum absolute atomic E-state index is 0.0522. The zero-order valence-corrected chi connectivity index (χ0v) is 8.04. The molecule has 0 saturated heterocycles. The Morgan fingerprint density at radius 1 is 1.29 bits per heavy atom. The van der Waals surface area contributed by atoms with Gasteiger partial charge in [0, 0.05) is 6.54 Å². The molecule has 75 valence electrons. The van der Waals surface area contributed by atoms with Crippen LogP contribution in [0.1, 0.15) is 5.56 Å². The Kier molecular flexibility index (Phi) is 3.21. The first-order valence-corrected chi connectivity index (χ1v) is 5.30. The molecule has 0 atom stereocenters. The Bertz CT molecular complexity index is 411. The molecular formula is C8H9N2O3S. The van der Waals surface area contributed by atoms with Crippen LogP contribution in [0, 0.1) is 0 Å². The summed E-state index contributed by atoms with van der Waals surface area (Å²) in [5, 5.41) is 7.24. The van der Waals surface area contributed by atoms with Gasteiger partial charge in [0.05, 0.1) is 4.90 Å². The summed E-state index contributed by atoms with van der Waals surface area (Å²) >= 11 is 0. The summed E-state index contributed by atoms with van der Waals surface area (Å²) in [7, 11) is -3.64. The van der Waals surface area contributed by atoms with Crippen molar-refractivity contribution in [3.8, 4) is 0 Å². The molecule has 5 nitrogen and oxygen atoms in total. The second-order valence-corrected chi connectivity index (χ2v) is 4.21. The predicted octanol–water partition coefficient (Wildman–Crippen LogP) is -0.509. The van der Waals surface area contributed by atoms with Crippen molar-refractivity contribution < 1.29 is 13.2 Å². The molecule has 1 radical (unpaired) electrons. The molecule has 3 N–H and O–H groups in total. The number of hydrogen-bond acceptors (Lipinski definition) is 3. The van der Waals surface area contributed by atoms with Crippen LogP contribution in [0.2, 0.25) is 0 Å². The zero-order valence-electron chi connectivity index (χ0n) is 7.23. The van der Waals surface area contributed by atoms with Crippen molar-refractivity contribution in [1.29, 1.82) is 0 Å². The van der Waals surface area contributed by atoms with Crippen LogP contribution in [0.25, 0.3) is 0 Å². The van der Waals surface area contributed by atoms with Gasteiger partial charge in [0.2, 0.25) is 10.0 Å².